The zero-order chi connectivity index (χ0) is 21.1. The van der Waals surface area contributed by atoms with Crippen molar-refractivity contribution in [3.05, 3.63) is 48.0 Å². The summed E-state index contributed by atoms with van der Waals surface area (Å²) in [5.41, 5.74) is 1.52. The molecular formula is C22H22N2O6. The van der Waals surface area contributed by atoms with Gasteiger partial charge in [-0.1, -0.05) is 6.07 Å². The van der Waals surface area contributed by atoms with Gasteiger partial charge in [0.05, 0.1) is 20.3 Å². The number of nitrogens with one attached hydrogen (secondary N) is 1. The van der Waals surface area contributed by atoms with Crippen molar-refractivity contribution in [3.63, 3.8) is 0 Å². The number of rotatable bonds is 6. The summed E-state index contributed by atoms with van der Waals surface area (Å²) in [5.74, 6) is 2.15. The molecule has 1 fully saturated rings. The number of anilines is 1. The molecule has 2 amide bonds. The highest BCUT2D eigenvalue weighted by molar-refractivity contribution is 5.98. The minimum Gasteiger partial charge on any atom is -0.493 e. The maximum absolute atomic E-state index is 12.5. The lowest BCUT2D eigenvalue weighted by Gasteiger charge is -2.18. The summed E-state index contributed by atoms with van der Waals surface area (Å²) in [6, 6.07) is 10.5. The molecule has 0 spiro atoms. The van der Waals surface area contributed by atoms with Crippen molar-refractivity contribution in [1.29, 1.82) is 0 Å². The molecular weight excluding hydrogens is 388 g/mol. The van der Waals surface area contributed by atoms with E-state index in [1.165, 1.54) is 6.08 Å². The van der Waals surface area contributed by atoms with E-state index in [0.717, 1.165) is 5.56 Å². The van der Waals surface area contributed by atoms with E-state index < -0.39 is 0 Å². The van der Waals surface area contributed by atoms with E-state index in [1.807, 2.05) is 12.1 Å². The summed E-state index contributed by atoms with van der Waals surface area (Å²) >= 11 is 0. The summed E-state index contributed by atoms with van der Waals surface area (Å²) in [6.07, 6.45) is 3.37. The molecule has 2 aliphatic rings. The fourth-order valence-electron chi connectivity index (χ4n) is 3.48. The molecule has 2 aromatic rings. The topological polar surface area (TPSA) is 86.3 Å². The maximum atomic E-state index is 12.5. The van der Waals surface area contributed by atoms with E-state index in [2.05, 4.69) is 5.32 Å². The van der Waals surface area contributed by atoms with Gasteiger partial charge in [0, 0.05) is 30.8 Å². The molecule has 1 saturated heterocycles. The number of methoxy groups -OCH3 is 2. The largest absolute Gasteiger partial charge is 0.493 e. The van der Waals surface area contributed by atoms with Gasteiger partial charge >= 0.3 is 0 Å². The molecule has 0 unspecified atom stereocenters. The summed E-state index contributed by atoms with van der Waals surface area (Å²) in [6.45, 7) is 0.590. The Hall–Kier alpha value is -3.68. The number of carbonyl (C=O) groups excluding carboxylic acids is 2. The van der Waals surface area contributed by atoms with Crippen LogP contribution in [0.25, 0.3) is 6.08 Å². The Morgan fingerprint density at radius 3 is 2.70 bits per heavy atom. The molecule has 2 aliphatic heterocycles. The van der Waals surface area contributed by atoms with E-state index in [0.29, 0.717) is 35.2 Å². The summed E-state index contributed by atoms with van der Waals surface area (Å²) in [5, 5.41) is 2.88. The van der Waals surface area contributed by atoms with Gasteiger partial charge in [0.15, 0.2) is 23.0 Å². The van der Waals surface area contributed by atoms with Gasteiger partial charge in [-0.05, 0) is 35.9 Å². The zero-order valence-corrected chi connectivity index (χ0v) is 16.7. The highest BCUT2D eigenvalue weighted by Crippen LogP contribution is 2.34. The Morgan fingerprint density at radius 2 is 1.90 bits per heavy atom. The van der Waals surface area contributed by atoms with Crippen LogP contribution in [0.3, 0.4) is 0 Å². The third-order valence-electron chi connectivity index (χ3n) is 4.97. The maximum Gasteiger partial charge on any atom is 0.244 e. The summed E-state index contributed by atoms with van der Waals surface area (Å²) in [4.78, 5) is 26.4. The van der Waals surface area contributed by atoms with Gasteiger partial charge < -0.3 is 29.2 Å². The molecule has 4 rings (SSSR count). The number of amides is 2. The predicted octanol–water partition coefficient (Wildman–Crippen LogP) is 2.37. The van der Waals surface area contributed by atoms with Crippen LogP contribution in [-0.2, 0) is 9.59 Å². The lowest BCUT2D eigenvalue weighted by molar-refractivity contribution is -0.117. The van der Waals surface area contributed by atoms with Gasteiger partial charge in [-0.25, -0.2) is 0 Å². The first-order chi connectivity index (χ1) is 14.6. The molecule has 0 aromatic heterocycles. The number of fused-ring (bicyclic) bond motifs is 1. The minimum absolute atomic E-state index is 0.0627. The van der Waals surface area contributed by atoms with Crippen LogP contribution in [-0.4, -0.2) is 45.4 Å². The SMILES string of the molecule is COc1ccc(N2C[C@H](NC(=O)/C=C\c3ccc4c(c3)OCO4)CC2=O)cc1OC. The first-order valence-electron chi connectivity index (χ1n) is 9.48. The van der Waals surface area contributed by atoms with Gasteiger partial charge in [-0.3, -0.25) is 9.59 Å². The highest BCUT2D eigenvalue weighted by Gasteiger charge is 2.31. The average molecular weight is 410 g/mol. The van der Waals surface area contributed by atoms with Crippen LogP contribution in [0.1, 0.15) is 12.0 Å². The van der Waals surface area contributed by atoms with Crippen LogP contribution in [0.15, 0.2) is 42.5 Å². The Balaban J connectivity index is 1.38. The molecule has 0 aliphatic carbocycles. The Labute approximate surface area is 174 Å². The Bertz CT molecular complexity index is 1000. The van der Waals surface area contributed by atoms with Crippen molar-refractivity contribution in [2.24, 2.45) is 0 Å². The lowest BCUT2D eigenvalue weighted by atomic mass is 10.2. The Morgan fingerprint density at radius 1 is 1.10 bits per heavy atom. The van der Waals surface area contributed by atoms with Crippen molar-refractivity contribution in [2.45, 2.75) is 12.5 Å². The molecule has 1 atom stereocenters. The number of nitrogens with zero attached hydrogens (tertiary/aromatic N) is 1. The van der Waals surface area contributed by atoms with Crippen LogP contribution in [0.5, 0.6) is 23.0 Å². The van der Waals surface area contributed by atoms with Crippen LogP contribution >= 0.6 is 0 Å². The summed E-state index contributed by atoms with van der Waals surface area (Å²) in [7, 11) is 3.10. The highest BCUT2D eigenvalue weighted by atomic mass is 16.7. The number of carbonyl (C=O) groups is 2. The quantitative estimate of drug-likeness (QED) is 0.736. The molecule has 156 valence electrons. The standard InChI is InChI=1S/C22H22N2O6/c1-27-17-7-5-16(11-19(17)28-2)24-12-15(10-22(24)26)23-21(25)8-4-14-3-6-18-20(9-14)30-13-29-18/h3-9,11,15H,10,12-13H2,1-2H3,(H,23,25)/b8-4-/t15-/m1/s1. The molecule has 2 heterocycles. The van der Waals surface area contributed by atoms with Crippen molar-refractivity contribution < 1.29 is 28.5 Å². The molecule has 30 heavy (non-hydrogen) atoms. The number of ether oxygens (including phenoxy) is 4. The van der Waals surface area contributed by atoms with E-state index in [1.54, 1.807) is 49.5 Å². The van der Waals surface area contributed by atoms with Crippen molar-refractivity contribution in [2.75, 3.05) is 32.5 Å². The number of hydrogen-bond acceptors (Lipinski definition) is 6. The first-order valence-corrected chi connectivity index (χ1v) is 9.48. The van der Waals surface area contributed by atoms with Crippen LogP contribution in [0.4, 0.5) is 5.69 Å². The fourth-order valence-corrected chi connectivity index (χ4v) is 3.48. The summed E-state index contributed by atoms with van der Waals surface area (Å²) < 4.78 is 21.1. The smallest absolute Gasteiger partial charge is 0.244 e. The normalized spacial score (nSPS) is 17.5. The van der Waals surface area contributed by atoms with Crippen molar-refractivity contribution >= 4 is 23.6 Å². The second-order valence-corrected chi connectivity index (χ2v) is 6.90. The third kappa shape index (κ3) is 4.03. The third-order valence-corrected chi connectivity index (χ3v) is 4.97. The fraction of sp³-hybridized carbons (Fsp3) is 0.273. The minimum atomic E-state index is -0.278. The average Bonchev–Trinajstić information content (AvgIpc) is 3.37. The van der Waals surface area contributed by atoms with Gasteiger partial charge in [0.2, 0.25) is 18.6 Å². The van der Waals surface area contributed by atoms with Crippen LogP contribution < -0.4 is 29.2 Å². The van der Waals surface area contributed by atoms with Gasteiger partial charge in [0.25, 0.3) is 0 Å². The van der Waals surface area contributed by atoms with Crippen molar-refractivity contribution in [3.8, 4) is 23.0 Å². The van der Waals surface area contributed by atoms with E-state index in [9.17, 15) is 9.59 Å². The van der Waals surface area contributed by atoms with E-state index in [4.69, 9.17) is 18.9 Å². The van der Waals surface area contributed by atoms with E-state index in [-0.39, 0.29) is 31.1 Å². The second kappa shape index (κ2) is 8.36. The molecule has 2 aromatic carbocycles. The zero-order valence-electron chi connectivity index (χ0n) is 16.7. The van der Waals surface area contributed by atoms with Gasteiger partial charge in [-0.15, -0.1) is 0 Å². The first kappa shape index (κ1) is 19.6. The molecule has 8 heteroatoms. The van der Waals surface area contributed by atoms with Crippen LogP contribution in [0, 0.1) is 0 Å². The molecule has 1 N–H and O–H groups in total. The number of benzene rings is 2. The molecule has 0 radical (unpaired) electrons. The predicted molar refractivity (Wildman–Crippen MR) is 110 cm³/mol. The Kier molecular flexibility index (Phi) is 5.47. The monoisotopic (exact) mass is 410 g/mol. The van der Waals surface area contributed by atoms with Crippen molar-refractivity contribution in [1.82, 2.24) is 5.32 Å². The van der Waals surface area contributed by atoms with Gasteiger partial charge in [0.1, 0.15) is 0 Å². The van der Waals surface area contributed by atoms with Crippen LogP contribution in [0.2, 0.25) is 0 Å². The van der Waals surface area contributed by atoms with E-state index >= 15 is 0 Å². The van der Waals surface area contributed by atoms with Gasteiger partial charge in [-0.2, -0.15) is 0 Å². The lowest BCUT2D eigenvalue weighted by Crippen LogP contribution is -2.36. The molecule has 0 bridgehead atoms. The number of hydrogen-bond donors (Lipinski definition) is 1. The second-order valence-electron chi connectivity index (χ2n) is 6.90. The molecule has 8 nitrogen and oxygen atoms in total. The molecule has 0 saturated carbocycles.